The van der Waals surface area contributed by atoms with E-state index in [1.165, 1.54) is 48.8 Å². The van der Waals surface area contributed by atoms with Crippen LogP contribution in [0.1, 0.15) is 55.7 Å². The van der Waals surface area contributed by atoms with Gasteiger partial charge in [0, 0.05) is 4.47 Å². The number of benzene rings is 1. The van der Waals surface area contributed by atoms with Gasteiger partial charge in [-0.25, -0.2) is 5.43 Å². The molecule has 0 fully saturated rings. The van der Waals surface area contributed by atoms with E-state index in [9.17, 15) is 0 Å². The second-order valence-corrected chi connectivity index (χ2v) is 6.19. The first-order valence-electron chi connectivity index (χ1n) is 7.13. The van der Waals surface area contributed by atoms with Gasteiger partial charge in [-0.05, 0) is 49.8 Å². The van der Waals surface area contributed by atoms with Gasteiger partial charge in [-0.1, -0.05) is 52.6 Å². The van der Waals surface area contributed by atoms with E-state index in [0.29, 0.717) is 0 Å². The standard InChI is InChI=1S/C16H23BrN2/c1-12-9-10-14(11-15(12)17)16(19-18)13-7-5-3-2-4-6-8-13/h7,9-11,16,19H,2-6,8,18H2,1H3/b13-7+. The average Bonchev–Trinajstić information content (AvgIpc) is 2.36. The SMILES string of the molecule is Cc1ccc(C(NN)/C2=C/CCCCCC2)cc1Br. The third kappa shape index (κ3) is 3.91. The van der Waals surface area contributed by atoms with E-state index < -0.39 is 0 Å². The Bertz CT molecular complexity index is 454. The largest absolute Gasteiger partial charge is 0.271 e. The summed E-state index contributed by atoms with van der Waals surface area (Å²) in [6.07, 6.45) is 10.0. The van der Waals surface area contributed by atoms with Gasteiger partial charge in [-0.2, -0.15) is 0 Å². The van der Waals surface area contributed by atoms with E-state index in [0.717, 1.165) is 10.9 Å². The molecule has 0 radical (unpaired) electrons. The summed E-state index contributed by atoms with van der Waals surface area (Å²) in [6.45, 7) is 2.10. The molecule has 0 saturated carbocycles. The van der Waals surface area contributed by atoms with Crippen molar-refractivity contribution in [2.45, 2.75) is 51.5 Å². The molecule has 2 nitrogen and oxygen atoms in total. The van der Waals surface area contributed by atoms with Gasteiger partial charge in [0.2, 0.25) is 0 Å². The van der Waals surface area contributed by atoms with Crippen molar-refractivity contribution in [2.75, 3.05) is 0 Å². The normalized spacial score (nSPS) is 21.1. The Balaban J connectivity index is 2.24. The minimum absolute atomic E-state index is 0.148. The van der Waals surface area contributed by atoms with Gasteiger partial charge in [0.1, 0.15) is 0 Å². The molecule has 0 saturated heterocycles. The van der Waals surface area contributed by atoms with Crippen molar-refractivity contribution in [3.8, 4) is 0 Å². The Morgan fingerprint density at radius 3 is 2.74 bits per heavy atom. The van der Waals surface area contributed by atoms with Crippen molar-refractivity contribution in [3.63, 3.8) is 0 Å². The van der Waals surface area contributed by atoms with Gasteiger partial charge in [-0.15, -0.1) is 0 Å². The van der Waals surface area contributed by atoms with E-state index in [2.05, 4.69) is 52.6 Å². The maximum atomic E-state index is 5.81. The van der Waals surface area contributed by atoms with Crippen molar-refractivity contribution >= 4 is 15.9 Å². The summed E-state index contributed by atoms with van der Waals surface area (Å²) in [5.74, 6) is 5.81. The predicted molar refractivity (Wildman–Crippen MR) is 84.7 cm³/mol. The highest BCUT2D eigenvalue weighted by atomic mass is 79.9. The molecule has 0 heterocycles. The molecule has 19 heavy (non-hydrogen) atoms. The molecule has 0 spiro atoms. The first kappa shape index (κ1) is 14.8. The van der Waals surface area contributed by atoms with Crippen LogP contribution in [0.3, 0.4) is 0 Å². The van der Waals surface area contributed by atoms with Gasteiger partial charge in [-0.3, -0.25) is 5.84 Å². The van der Waals surface area contributed by atoms with Crippen molar-refractivity contribution in [2.24, 2.45) is 5.84 Å². The van der Waals surface area contributed by atoms with Crippen LogP contribution in [0.5, 0.6) is 0 Å². The Kier molecular flexibility index (Phi) is 5.61. The number of hydrogen-bond acceptors (Lipinski definition) is 2. The molecular formula is C16H23BrN2. The number of nitrogens with two attached hydrogens (primary N) is 1. The number of hydrazine groups is 1. The van der Waals surface area contributed by atoms with E-state index in [1.54, 1.807) is 0 Å². The molecule has 0 bridgehead atoms. The van der Waals surface area contributed by atoms with Gasteiger partial charge < -0.3 is 0 Å². The molecule has 3 heteroatoms. The molecule has 1 aromatic rings. The summed E-state index contributed by atoms with van der Waals surface area (Å²) >= 11 is 3.61. The molecule has 1 aliphatic carbocycles. The summed E-state index contributed by atoms with van der Waals surface area (Å²) in [4.78, 5) is 0. The first-order valence-corrected chi connectivity index (χ1v) is 7.93. The molecule has 1 unspecified atom stereocenters. The third-order valence-electron chi connectivity index (χ3n) is 3.89. The first-order chi connectivity index (χ1) is 9.22. The van der Waals surface area contributed by atoms with Crippen LogP contribution in [0.25, 0.3) is 0 Å². The van der Waals surface area contributed by atoms with Crippen molar-refractivity contribution in [1.29, 1.82) is 0 Å². The maximum absolute atomic E-state index is 5.81. The number of hydrogen-bond donors (Lipinski definition) is 2. The quantitative estimate of drug-likeness (QED) is 0.487. The Labute approximate surface area is 124 Å². The maximum Gasteiger partial charge on any atom is 0.0670 e. The summed E-state index contributed by atoms with van der Waals surface area (Å²) < 4.78 is 1.15. The fraction of sp³-hybridized carbons (Fsp3) is 0.500. The summed E-state index contributed by atoms with van der Waals surface area (Å²) in [5.41, 5.74) is 6.93. The molecule has 0 aromatic heterocycles. The second-order valence-electron chi connectivity index (χ2n) is 5.34. The predicted octanol–water partition coefficient (Wildman–Crippen LogP) is 4.54. The number of nitrogens with one attached hydrogen (secondary N) is 1. The minimum atomic E-state index is 0.148. The van der Waals surface area contributed by atoms with E-state index in [1.807, 2.05) is 0 Å². The van der Waals surface area contributed by atoms with Crippen LogP contribution in [-0.2, 0) is 0 Å². The number of rotatable bonds is 3. The van der Waals surface area contributed by atoms with Crippen LogP contribution in [0, 0.1) is 6.92 Å². The molecule has 0 amide bonds. The summed E-state index contributed by atoms with van der Waals surface area (Å²) in [6, 6.07) is 6.65. The molecule has 3 N–H and O–H groups in total. The van der Waals surface area contributed by atoms with Crippen molar-refractivity contribution in [3.05, 3.63) is 45.4 Å². The molecule has 1 atom stereocenters. The lowest BCUT2D eigenvalue weighted by atomic mass is 9.91. The smallest absolute Gasteiger partial charge is 0.0670 e. The van der Waals surface area contributed by atoms with E-state index in [4.69, 9.17) is 5.84 Å². The monoisotopic (exact) mass is 322 g/mol. The molecule has 104 valence electrons. The highest BCUT2D eigenvalue weighted by Gasteiger charge is 2.16. The van der Waals surface area contributed by atoms with Crippen LogP contribution >= 0.6 is 15.9 Å². The molecule has 1 aliphatic rings. The highest BCUT2D eigenvalue weighted by molar-refractivity contribution is 9.10. The van der Waals surface area contributed by atoms with Crippen LogP contribution < -0.4 is 11.3 Å². The van der Waals surface area contributed by atoms with E-state index >= 15 is 0 Å². The zero-order valence-corrected chi connectivity index (χ0v) is 13.2. The molecular weight excluding hydrogens is 300 g/mol. The molecule has 1 aromatic carbocycles. The zero-order chi connectivity index (χ0) is 13.7. The Morgan fingerprint density at radius 2 is 2.00 bits per heavy atom. The molecule has 0 aliphatic heterocycles. The lowest BCUT2D eigenvalue weighted by Gasteiger charge is -2.22. The van der Waals surface area contributed by atoms with Gasteiger partial charge in [0.05, 0.1) is 6.04 Å². The average molecular weight is 323 g/mol. The number of aryl methyl sites for hydroxylation is 1. The van der Waals surface area contributed by atoms with Gasteiger partial charge in [0.15, 0.2) is 0 Å². The zero-order valence-electron chi connectivity index (χ0n) is 11.6. The van der Waals surface area contributed by atoms with E-state index in [-0.39, 0.29) is 6.04 Å². The Hall–Kier alpha value is -0.640. The fourth-order valence-corrected chi connectivity index (χ4v) is 3.08. The second kappa shape index (κ2) is 7.22. The number of halogens is 1. The Morgan fingerprint density at radius 1 is 1.21 bits per heavy atom. The van der Waals surface area contributed by atoms with Crippen LogP contribution in [0.4, 0.5) is 0 Å². The highest BCUT2D eigenvalue weighted by Crippen LogP contribution is 2.30. The molecule has 2 rings (SSSR count). The topological polar surface area (TPSA) is 38.0 Å². The van der Waals surface area contributed by atoms with Gasteiger partial charge >= 0.3 is 0 Å². The summed E-state index contributed by atoms with van der Waals surface area (Å²) in [7, 11) is 0. The lowest BCUT2D eigenvalue weighted by molar-refractivity contribution is 0.555. The minimum Gasteiger partial charge on any atom is -0.271 e. The van der Waals surface area contributed by atoms with Crippen LogP contribution in [0.2, 0.25) is 0 Å². The lowest BCUT2D eigenvalue weighted by Crippen LogP contribution is -2.29. The summed E-state index contributed by atoms with van der Waals surface area (Å²) in [5, 5.41) is 0. The van der Waals surface area contributed by atoms with Crippen LogP contribution in [-0.4, -0.2) is 0 Å². The van der Waals surface area contributed by atoms with Crippen molar-refractivity contribution in [1.82, 2.24) is 5.43 Å². The van der Waals surface area contributed by atoms with Crippen LogP contribution in [0.15, 0.2) is 34.3 Å². The fourth-order valence-electron chi connectivity index (χ4n) is 2.68. The third-order valence-corrected chi connectivity index (χ3v) is 4.75. The van der Waals surface area contributed by atoms with Gasteiger partial charge in [0.25, 0.3) is 0 Å². The van der Waals surface area contributed by atoms with Crippen molar-refractivity contribution < 1.29 is 0 Å². The number of allylic oxidation sites excluding steroid dienone is 1.